The number of anilines is 1. The fourth-order valence-electron chi connectivity index (χ4n) is 3.92. The minimum atomic E-state index is -0.315. The number of halogens is 1. The van der Waals surface area contributed by atoms with Gasteiger partial charge < -0.3 is 15.2 Å². The molecule has 0 saturated carbocycles. The smallest absolute Gasteiger partial charge is 0.251 e. The fourth-order valence-corrected chi connectivity index (χ4v) is 5.10. The standard InChI is InChI=1S/C27H34BrN5O2S/c1-7-33-25(24(17(4)5)30-26(35)19-10-8-9-18(6)13-19)31-32-27(33)36-15-23(34)29-22-12-11-20(28)14-21(22)16(2)3/h8-14,16-17,24H,7,15H2,1-6H3,(H,29,34)(H,30,35)/t24-/m1/s1. The number of thioether (sulfide) groups is 1. The molecule has 0 aliphatic heterocycles. The van der Waals surface area contributed by atoms with Crippen LogP contribution in [0.15, 0.2) is 52.1 Å². The summed E-state index contributed by atoms with van der Waals surface area (Å²) in [5.41, 5.74) is 3.53. The molecule has 0 unspecified atom stereocenters. The second kappa shape index (κ2) is 12.5. The molecule has 0 aliphatic rings. The van der Waals surface area contributed by atoms with Crippen LogP contribution >= 0.6 is 27.7 Å². The van der Waals surface area contributed by atoms with Gasteiger partial charge in [-0.1, -0.05) is 73.1 Å². The van der Waals surface area contributed by atoms with Crippen LogP contribution in [0.3, 0.4) is 0 Å². The fraction of sp³-hybridized carbons (Fsp3) is 0.407. The third-order valence-corrected chi connectivity index (χ3v) is 7.28. The number of amides is 2. The summed E-state index contributed by atoms with van der Waals surface area (Å²) in [7, 11) is 0. The van der Waals surface area contributed by atoms with E-state index in [1.807, 2.05) is 68.7 Å². The highest BCUT2D eigenvalue weighted by atomic mass is 79.9. The molecule has 3 aromatic rings. The maximum Gasteiger partial charge on any atom is 0.251 e. The Morgan fingerprint density at radius 1 is 1.08 bits per heavy atom. The van der Waals surface area contributed by atoms with Crippen molar-refractivity contribution in [2.75, 3.05) is 11.1 Å². The number of aromatic nitrogens is 3. The molecule has 0 fully saturated rings. The zero-order chi connectivity index (χ0) is 26.4. The van der Waals surface area contributed by atoms with Crippen molar-refractivity contribution in [2.45, 2.75) is 65.2 Å². The van der Waals surface area contributed by atoms with E-state index in [1.165, 1.54) is 11.8 Å². The van der Waals surface area contributed by atoms with Crippen LogP contribution in [0, 0.1) is 12.8 Å². The second-order valence-corrected chi connectivity index (χ2v) is 11.2. The lowest BCUT2D eigenvalue weighted by Crippen LogP contribution is -2.33. The van der Waals surface area contributed by atoms with Crippen molar-refractivity contribution in [2.24, 2.45) is 5.92 Å². The Hall–Kier alpha value is -2.65. The van der Waals surface area contributed by atoms with Gasteiger partial charge in [0.05, 0.1) is 11.8 Å². The molecule has 0 radical (unpaired) electrons. The predicted molar refractivity (Wildman–Crippen MR) is 150 cm³/mol. The number of nitrogens with one attached hydrogen (secondary N) is 2. The Morgan fingerprint density at radius 2 is 1.83 bits per heavy atom. The van der Waals surface area contributed by atoms with Gasteiger partial charge >= 0.3 is 0 Å². The highest BCUT2D eigenvalue weighted by molar-refractivity contribution is 9.10. The third-order valence-electron chi connectivity index (χ3n) is 5.82. The summed E-state index contributed by atoms with van der Waals surface area (Å²) >= 11 is 4.84. The molecule has 192 valence electrons. The molecule has 36 heavy (non-hydrogen) atoms. The van der Waals surface area contributed by atoms with Crippen molar-refractivity contribution in [3.63, 3.8) is 0 Å². The van der Waals surface area contributed by atoms with Gasteiger partial charge in [-0.25, -0.2) is 0 Å². The summed E-state index contributed by atoms with van der Waals surface area (Å²) in [6.45, 7) is 12.9. The highest BCUT2D eigenvalue weighted by Crippen LogP contribution is 2.29. The lowest BCUT2D eigenvalue weighted by molar-refractivity contribution is -0.113. The van der Waals surface area contributed by atoms with Gasteiger partial charge in [0.1, 0.15) is 0 Å². The first-order chi connectivity index (χ1) is 17.1. The molecule has 0 saturated heterocycles. The number of benzene rings is 2. The number of carbonyl (C=O) groups is 2. The van der Waals surface area contributed by atoms with E-state index < -0.39 is 0 Å². The largest absolute Gasteiger partial charge is 0.342 e. The van der Waals surface area contributed by atoms with E-state index in [2.05, 4.69) is 50.6 Å². The zero-order valence-corrected chi connectivity index (χ0v) is 24.0. The van der Waals surface area contributed by atoms with E-state index >= 15 is 0 Å². The zero-order valence-electron chi connectivity index (χ0n) is 21.6. The van der Waals surface area contributed by atoms with Crippen molar-refractivity contribution >= 4 is 45.2 Å². The first-order valence-corrected chi connectivity index (χ1v) is 13.9. The molecule has 9 heteroatoms. The summed E-state index contributed by atoms with van der Waals surface area (Å²) in [5, 5.41) is 15.6. The molecule has 0 aliphatic carbocycles. The SMILES string of the molecule is CCn1c(SCC(=O)Nc2ccc(Br)cc2C(C)C)nnc1[C@H](NC(=O)c1cccc(C)c1)C(C)C. The summed E-state index contributed by atoms with van der Waals surface area (Å²) in [5.74, 6) is 1.01. The van der Waals surface area contributed by atoms with Gasteiger partial charge in [-0.3, -0.25) is 9.59 Å². The molecule has 2 amide bonds. The van der Waals surface area contributed by atoms with E-state index in [0.29, 0.717) is 23.1 Å². The van der Waals surface area contributed by atoms with Gasteiger partial charge in [-0.2, -0.15) is 0 Å². The van der Waals surface area contributed by atoms with Crippen molar-refractivity contribution in [1.29, 1.82) is 0 Å². The first-order valence-electron chi connectivity index (χ1n) is 12.1. The minimum Gasteiger partial charge on any atom is -0.342 e. The molecular formula is C27H34BrN5O2S. The number of aryl methyl sites for hydroxylation is 1. The average Bonchev–Trinajstić information content (AvgIpc) is 3.24. The number of rotatable bonds is 10. The predicted octanol–water partition coefficient (Wildman–Crippen LogP) is 6.35. The van der Waals surface area contributed by atoms with Crippen molar-refractivity contribution < 1.29 is 9.59 Å². The average molecular weight is 573 g/mol. The number of carbonyl (C=O) groups excluding carboxylic acids is 2. The van der Waals surface area contributed by atoms with Crippen molar-refractivity contribution in [3.05, 3.63) is 69.5 Å². The maximum absolute atomic E-state index is 12.9. The number of nitrogens with zero attached hydrogens (tertiary/aromatic N) is 3. The molecule has 1 heterocycles. The van der Waals surface area contributed by atoms with E-state index in [1.54, 1.807) is 6.07 Å². The summed E-state index contributed by atoms with van der Waals surface area (Å²) in [6.07, 6.45) is 0. The topological polar surface area (TPSA) is 88.9 Å². The van der Waals surface area contributed by atoms with Crippen LogP contribution in [0.25, 0.3) is 0 Å². The summed E-state index contributed by atoms with van der Waals surface area (Å²) in [6, 6.07) is 13.1. The van der Waals surface area contributed by atoms with Crippen molar-refractivity contribution in [1.82, 2.24) is 20.1 Å². The quantitative estimate of drug-likeness (QED) is 0.277. The Bertz CT molecular complexity index is 1220. The first kappa shape index (κ1) is 27.9. The Balaban J connectivity index is 1.73. The number of hydrogen-bond donors (Lipinski definition) is 2. The van der Waals surface area contributed by atoms with E-state index in [0.717, 1.165) is 21.3 Å². The minimum absolute atomic E-state index is 0.0984. The maximum atomic E-state index is 12.9. The molecule has 0 bridgehead atoms. The monoisotopic (exact) mass is 571 g/mol. The molecule has 7 nitrogen and oxygen atoms in total. The third kappa shape index (κ3) is 6.97. The summed E-state index contributed by atoms with van der Waals surface area (Å²) in [4.78, 5) is 25.7. The Kier molecular flexibility index (Phi) is 9.73. The Labute approximate surface area is 226 Å². The van der Waals surface area contributed by atoms with Crippen LogP contribution in [-0.2, 0) is 11.3 Å². The lowest BCUT2D eigenvalue weighted by Gasteiger charge is -2.22. The molecule has 2 N–H and O–H groups in total. The molecule has 2 aromatic carbocycles. The molecule has 3 rings (SSSR count). The van der Waals surface area contributed by atoms with Crippen LogP contribution in [0.5, 0.6) is 0 Å². The van der Waals surface area contributed by atoms with Crippen LogP contribution < -0.4 is 10.6 Å². The molecule has 0 spiro atoms. The van der Waals surface area contributed by atoms with Gasteiger partial charge in [0.2, 0.25) is 5.91 Å². The van der Waals surface area contributed by atoms with Crippen LogP contribution in [0.2, 0.25) is 0 Å². The van der Waals surface area contributed by atoms with Crippen LogP contribution in [0.4, 0.5) is 5.69 Å². The van der Waals surface area contributed by atoms with Gasteiger partial charge in [0, 0.05) is 22.3 Å². The Morgan fingerprint density at radius 3 is 2.47 bits per heavy atom. The van der Waals surface area contributed by atoms with Gasteiger partial charge in [-0.15, -0.1) is 10.2 Å². The van der Waals surface area contributed by atoms with Crippen molar-refractivity contribution in [3.8, 4) is 0 Å². The van der Waals surface area contributed by atoms with Gasteiger partial charge in [0.25, 0.3) is 5.91 Å². The van der Waals surface area contributed by atoms with Crippen LogP contribution in [0.1, 0.15) is 73.9 Å². The van der Waals surface area contributed by atoms with E-state index in [9.17, 15) is 9.59 Å². The molecule has 1 aromatic heterocycles. The van der Waals surface area contributed by atoms with Crippen LogP contribution in [-0.4, -0.2) is 32.3 Å². The van der Waals surface area contributed by atoms with Gasteiger partial charge in [-0.05, 0) is 61.6 Å². The van der Waals surface area contributed by atoms with E-state index in [4.69, 9.17) is 0 Å². The molecule has 1 atom stereocenters. The molecular weight excluding hydrogens is 538 g/mol. The number of hydrogen-bond acceptors (Lipinski definition) is 5. The lowest BCUT2D eigenvalue weighted by atomic mass is 10.0. The second-order valence-electron chi connectivity index (χ2n) is 9.37. The van der Waals surface area contributed by atoms with Gasteiger partial charge in [0.15, 0.2) is 11.0 Å². The normalized spacial score (nSPS) is 12.1. The highest BCUT2D eigenvalue weighted by Gasteiger charge is 2.26. The van der Waals surface area contributed by atoms with E-state index in [-0.39, 0.29) is 35.4 Å². The summed E-state index contributed by atoms with van der Waals surface area (Å²) < 4.78 is 2.95.